The summed E-state index contributed by atoms with van der Waals surface area (Å²) in [5.74, 6) is 0.776. The summed E-state index contributed by atoms with van der Waals surface area (Å²) in [4.78, 5) is 16.1. The molecule has 86 valence electrons. The van der Waals surface area contributed by atoms with E-state index in [-0.39, 0.29) is 0 Å². The molecule has 1 aromatic rings. The van der Waals surface area contributed by atoms with Crippen molar-refractivity contribution in [2.75, 3.05) is 0 Å². The monoisotopic (exact) mass is 281 g/mol. The van der Waals surface area contributed by atoms with Crippen LogP contribution in [-0.4, -0.2) is 10.8 Å². The molecule has 0 atom stereocenters. The van der Waals surface area contributed by atoms with Gasteiger partial charge in [0.15, 0.2) is 0 Å². The van der Waals surface area contributed by atoms with Crippen molar-refractivity contribution in [1.29, 1.82) is 0 Å². The van der Waals surface area contributed by atoms with Crippen molar-refractivity contribution in [3.8, 4) is 0 Å². The lowest BCUT2D eigenvalue weighted by Crippen LogP contribution is -2.11. The van der Waals surface area contributed by atoms with E-state index in [1.807, 2.05) is 12.1 Å². The van der Waals surface area contributed by atoms with E-state index < -0.39 is 0 Å². The van der Waals surface area contributed by atoms with Gasteiger partial charge in [-0.15, -0.1) is 0 Å². The van der Waals surface area contributed by atoms with E-state index in [4.69, 9.17) is 0 Å². The third kappa shape index (κ3) is 3.14. The molecule has 0 aliphatic heterocycles. The van der Waals surface area contributed by atoms with Crippen molar-refractivity contribution in [1.82, 2.24) is 4.98 Å². The van der Waals surface area contributed by atoms with Gasteiger partial charge in [-0.1, -0.05) is 12.8 Å². The number of ketones is 1. The number of aryl methyl sites for hydroxylation is 1. The van der Waals surface area contributed by atoms with Crippen LogP contribution in [0.4, 0.5) is 0 Å². The molecule has 1 fully saturated rings. The first kappa shape index (κ1) is 11.8. The van der Waals surface area contributed by atoms with E-state index in [1.54, 1.807) is 6.20 Å². The highest BCUT2D eigenvalue weighted by Crippen LogP contribution is 2.26. The van der Waals surface area contributed by atoms with Crippen LogP contribution in [0.3, 0.4) is 0 Å². The topological polar surface area (TPSA) is 30.0 Å². The summed E-state index contributed by atoms with van der Waals surface area (Å²) >= 11 is 3.35. The molecule has 1 aliphatic carbocycles. The molecular formula is C13H16BrNO. The van der Waals surface area contributed by atoms with E-state index in [1.165, 1.54) is 12.8 Å². The fraction of sp³-hybridized carbons (Fsp3) is 0.538. The van der Waals surface area contributed by atoms with Gasteiger partial charge in [-0.2, -0.15) is 0 Å². The summed E-state index contributed by atoms with van der Waals surface area (Å²) in [6.45, 7) is 0. The van der Waals surface area contributed by atoms with Crippen molar-refractivity contribution in [2.45, 2.75) is 38.5 Å². The van der Waals surface area contributed by atoms with E-state index in [0.29, 0.717) is 18.1 Å². The maximum Gasteiger partial charge on any atom is 0.136 e. The van der Waals surface area contributed by atoms with Gasteiger partial charge >= 0.3 is 0 Å². The van der Waals surface area contributed by atoms with Crippen molar-refractivity contribution in [3.05, 3.63) is 28.5 Å². The summed E-state index contributed by atoms with van der Waals surface area (Å²) in [6.07, 6.45) is 7.89. The molecule has 0 bridgehead atoms. The Labute approximate surface area is 105 Å². The second-order valence-corrected chi connectivity index (χ2v) is 5.33. The predicted molar refractivity (Wildman–Crippen MR) is 67.2 cm³/mol. The molecule has 0 unspecified atom stereocenters. The Bertz CT molecular complexity index is 355. The number of carbonyl (C=O) groups is 1. The number of hydrogen-bond donors (Lipinski definition) is 0. The molecule has 2 nitrogen and oxygen atoms in total. The molecule has 0 radical (unpaired) electrons. The quantitative estimate of drug-likeness (QED) is 0.845. The van der Waals surface area contributed by atoms with Crippen LogP contribution in [0.1, 0.15) is 37.8 Å². The molecule has 0 N–H and O–H groups in total. The van der Waals surface area contributed by atoms with E-state index in [2.05, 4.69) is 20.9 Å². The fourth-order valence-corrected chi connectivity index (χ4v) is 2.49. The van der Waals surface area contributed by atoms with Crippen molar-refractivity contribution in [2.24, 2.45) is 5.92 Å². The largest absolute Gasteiger partial charge is 0.299 e. The van der Waals surface area contributed by atoms with Crippen LogP contribution in [-0.2, 0) is 11.2 Å². The Morgan fingerprint density at radius 3 is 2.75 bits per heavy atom. The van der Waals surface area contributed by atoms with E-state index in [9.17, 15) is 4.79 Å². The van der Waals surface area contributed by atoms with Crippen LogP contribution in [0.5, 0.6) is 0 Å². The summed E-state index contributed by atoms with van der Waals surface area (Å²) in [5, 5.41) is 0. The predicted octanol–water partition coefficient (Wildman–Crippen LogP) is 3.54. The smallest absolute Gasteiger partial charge is 0.136 e. The number of pyridine rings is 1. The highest BCUT2D eigenvalue weighted by Gasteiger charge is 2.21. The van der Waals surface area contributed by atoms with Crippen LogP contribution in [0.2, 0.25) is 0 Å². The maximum atomic E-state index is 11.8. The highest BCUT2D eigenvalue weighted by molar-refractivity contribution is 9.10. The summed E-state index contributed by atoms with van der Waals surface area (Å²) in [7, 11) is 0. The zero-order valence-corrected chi connectivity index (χ0v) is 10.9. The van der Waals surface area contributed by atoms with E-state index in [0.717, 1.165) is 29.4 Å². The zero-order valence-electron chi connectivity index (χ0n) is 9.29. The molecule has 0 amide bonds. The van der Waals surface area contributed by atoms with Gasteiger partial charge in [-0.3, -0.25) is 9.78 Å². The van der Waals surface area contributed by atoms with Gasteiger partial charge in [0.25, 0.3) is 0 Å². The number of rotatable bonds is 4. The minimum atomic E-state index is 0.343. The molecule has 3 heteroatoms. The molecule has 2 rings (SSSR count). The number of carbonyl (C=O) groups excluding carboxylic acids is 1. The normalized spacial score (nSPS) is 16.6. The van der Waals surface area contributed by atoms with Crippen molar-refractivity contribution in [3.63, 3.8) is 0 Å². The minimum Gasteiger partial charge on any atom is -0.299 e. The molecule has 1 aliphatic rings. The summed E-state index contributed by atoms with van der Waals surface area (Å²) in [6, 6.07) is 3.95. The minimum absolute atomic E-state index is 0.343. The number of halogens is 1. The first-order valence-corrected chi connectivity index (χ1v) is 6.68. The van der Waals surface area contributed by atoms with E-state index >= 15 is 0 Å². The lowest BCUT2D eigenvalue weighted by Gasteiger charge is -2.07. The molecule has 16 heavy (non-hydrogen) atoms. The zero-order chi connectivity index (χ0) is 11.4. The molecular weight excluding hydrogens is 266 g/mol. The van der Waals surface area contributed by atoms with Crippen LogP contribution in [0.25, 0.3) is 0 Å². The number of nitrogens with zero attached hydrogens (tertiary/aromatic N) is 1. The van der Waals surface area contributed by atoms with Gasteiger partial charge in [0.05, 0.1) is 0 Å². The van der Waals surface area contributed by atoms with Crippen molar-refractivity contribution >= 4 is 21.7 Å². The lowest BCUT2D eigenvalue weighted by molar-refractivity contribution is -0.122. The molecule has 0 spiro atoms. The first-order chi connectivity index (χ1) is 7.75. The van der Waals surface area contributed by atoms with Crippen LogP contribution in [0, 0.1) is 5.92 Å². The Balaban J connectivity index is 1.82. The Kier molecular flexibility index (Phi) is 4.10. The van der Waals surface area contributed by atoms with Gasteiger partial charge in [0.2, 0.25) is 0 Å². The third-order valence-electron chi connectivity index (χ3n) is 3.23. The van der Waals surface area contributed by atoms with Crippen molar-refractivity contribution < 1.29 is 4.79 Å². The fourth-order valence-electron chi connectivity index (χ4n) is 2.26. The molecule has 0 aromatic carbocycles. The average Bonchev–Trinajstić information content (AvgIpc) is 2.81. The standard InChI is InChI=1S/C13H16BrNO/c14-11-5-6-12(15-9-11)7-8-13(16)10-3-1-2-4-10/h5-6,9-10H,1-4,7-8H2. The number of hydrogen-bond acceptors (Lipinski definition) is 2. The molecule has 0 saturated heterocycles. The van der Waals surface area contributed by atoms with Crippen LogP contribution in [0.15, 0.2) is 22.8 Å². The first-order valence-electron chi connectivity index (χ1n) is 5.89. The number of aromatic nitrogens is 1. The third-order valence-corrected chi connectivity index (χ3v) is 3.70. The average molecular weight is 282 g/mol. The number of Topliss-reactive ketones (excluding diaryl/α,β-unsaturated/α-hetero) is 1. The molecule has 1 heterocycles. The maximum absolute atomic E-state index is 11.8. The molecule has 1 saturated carbocycles. The van der Waals surface area contributed by atoms with Gasteiger partial charge in [-0.05, 0) is 47.3 Å². The van der Waals surface area contributed by atoms with Gasteiger partial charge in [0, 0.05) is 28.7 Å². The van der Waals surface area contributed by atoms with Gasteiger partial charge in [-0.25, -0.2) is 0 Å². The van der Waals surface area contributed by atoms with Gasteiger partial charge in [0.1, 0.15) is 5.78 Å². The highest BCUT2D eigenvalue weighted by atomic mass is 79.9. The van der Waals surface area contributed by atoms with Crippen LogP contribution < -0.4 is 0 Å². The second-order valence-electron chi connectivity index (χ2n) is 4.42. The van der Waals surface area contributed by atoms with Crippen LogP contribution >= 0.6 is 15.9 Å². The molecule has 1 aromatic heterocycles. The Hall–Kier alpha value is -0.700. The second kappa shape index (κ2) is 5.58. The summed E-state index contributed by atoms with van der Waals surface area (Å²) in [5.41, 5.74) is 1.01. The Morgan fingerprint density at radius 1 is 1.38 bits per heavy atom. The van der Waals surface area contributed by atoms with Gasteiger partial charge < -0.3 is 0 Å². The SMILES string of the molecule is O=C(CCc1ccc(Br)cn1)C1CCCC1. The summed E-state index contributed by atoms with van der Waals surface area (Å²) < 4.78 is 0.985. The Morgan fingerprint density at radius 2 is 2.12 bits per heavy atom. The lowest BCUT2D eigenvalue weighted by atomic mass is 9.98.